The molecule has 0 aliphatic rings. The van der Waals surface area contributed by atoms with Gasteiger partial charge in [-0.1, -0.05) is 18.7 Å². The molecular weight excluding hydrogens is 318 g/mol. The third-order valence-corrected chi connectivity index (χ3v) is 2.78. The van der Waals surface area contributed by atoms with Gasteiger partial charge in [-0.2, -0.15) is 0 Å². The molecular formula is C12H12BrNO5. The minimum atomic E-state index is -1.27. The number of halogens is 1. The van der Waals surface area contributed by atoms with Crippen molar-refractivity contribution in [2.75, 3.05) is 6.61 Å². The molecule has 0 aliphatic heterocycles. The summed E-state index contributed by atoms with van der Waals surface area (Å²) in [7, 11) is 0. The quantitative estimate of drug-likeness (QED) is 0.719. The smallest absolute Gasteiger partial charge is 0.408 e. The fourth-order valence-electron chi connectivity index (χ4n) is 1.28. The highest BCUT2D eigenvalue weighted by Gasteiger charge is 2.23. The molecule has 102 valence electrons. The molecule has 7 heteroatoms. The van der Waals surface area contributed by atoms with Gasteiger partial charge in [-0.15, -0.1) is 0 Å². The Morgan fingerprint density at radius 3 is 2.74 bits per heavy atom. The Morgan fingerprint density at radius 2 is 2.21 bits per heavy atom. The molecule has 1 rings (SSSR count). The molecule has 0 heterocycles. The van der Waals surface area contributed by atoms with Crippen LogP contribution in [-0.2, 0) is 9.53 Å². The first kappa shape index (κ1) is 15.0. The second-order valence-corrected chi connectivity index (χ2v) is 4.37. The predicted molar refractivity (Wildman–Crippen MR) is 70.9 cm³/mol. The van der Waals surface area contributed by atoms with E-state index < -0.39 is 18.1 Å². The minimum Gasteiger partial charge on any atom is -0.507 e. The summed E-state index contributed by atoms with van der Waals surface area (Å²) >= 11 is 3.07. The SMILES string of the molecule is C=CCOC(=O)NC(C(=O)O)c1ccc(O)c(Br)c1. The van der Waals surface area contributed by atoms with Crippen molar-refractivity contribution < 1.29 is 24.5 Å². The molecule has 1 aromatic rings. The number of carbonyl (C=O) groups excluding carboxylic acids is 1. The van der Waals surface area contributed by atoms with E-state index in [9.17, 15) is 14.7 Å². The zero-order valence-corrected chi connectivity index (χ0v) is 11.4. The summed E-state index contributed by atoms with van der Waals surface area (Å²) in [4.78, 5) is 22.5. The summed E-state index contributed by atoms with van der Waals surface area (Å²) in [6.45, 7) is 3.35. The Hall–Kier alpha value is -2.02. The fourth-order valence-corrected chi connectivity index (χ4v) is 1.68. The summed E-state index contributed by atoms with van der Waals surface area (Å²) < 4.78 is 4.99. The average molecular weight is 330 g/mol. The molecule has 1 amide bonds. The van der Waals surface area contributed by atoms with Gasteiger partial charge in [-0.05, 0) is 33.6 Å². The van der Waals surface area contributed by atoms with Crippen molar-refractivity contribution in [1.82, 2.24) is 5.32 Å². The van der Waals surface area contributed by atoms with Gasteiger partial charge in [0.15, 0.2) is 6.04 Å². The number of amides is 1. The first-order valence-corrected chi connectivity index (χ1v) is 6.00. The van der Waals surface area contributed by atoms with Crippen molar-refractivity contribution in [3.63, 3.8) is 0 Å². The number of hydrogen-bond donors (Lipinski definition) is 3. The number of carboxylic acid groups (broad SMARTS) is 1. The first-order chi connectivity index (χ1) is 8.95. The van der Waals surface area contributed by atoms with Gasteiger partial charge >= 0.3 is 12.1 Å². The highest BCUT2D eigenvalue weighted by Crippen LogP contribution is 2.27. The van der Waals surface area contributed by atoms with E-state index in [1.807, 2.05) is 0 Å². The molecule has 0 bridgehead atoms. The summed E-state index contributed by atoms with van der Waals surface area (Å²) in [6.07, 6.45) is 0.503. The van der Waals surface area contributed by atoms with E-state index in [1.54, 1.807) is 0 Å². The van der Waals surface area contributed by atoms with Crippen molar-refractivity contribution in [2.24, 2.45) is 0 Å². The minimum absolute atomic E-state index is 0.0164. The molecule has 0 saturated carbocycles. The maximum atomic E-state index is 11.3. The lowest BCUT2D eigenvalue weighted by Gasteiger charge is -2.15. The number of carboxylic acids is 1. The molecule has 0 fully saturated rings. The molecule has 0 spiro atoms. The molecule has 1 unspecified atom stereocenters. The molecule has 3 N–H and O–H groups in total. The van der Waals surface area contributed by atoms with Gasteiger partial charge < -0.3 is 20.3 Å². The number of alkyl carbamates (subject to hydrolysis) is 1. The van der Waals surface area contributed by atoms with Crippen LogP contribution in [-0.4, -0.2) is 28.9 Å². The van der Waals surface area contributed by atoms with Gasteiger partial charge in [0.2, 0.25) is 0 Å². The van der Waals surface area contributed by atoms with E-state index in [-0.39, 0.29) is 12.4 Å². The highest BCUT2D eigenvalue weighted by atomic mass is 79.9. The average Bonchev–Trinajstić information content (AvgIpc) is 2.36. The summed E-state index contributed by atoms with van der Waals surface area (Å²) in [5, 5.41) is 20.6. The topological polar surface area (TPSA) is 95.9 Å². The van der Waals surface area contributed by atoms with Gasteiger partial charge in [-0.3, -0.25) is 0 Å². The van der Waals surface area contributed by atoms with Crippen LogP contribution < -0.4 is 5.32 Å². The van der Waals surface area contributed by atoms with Crippen LogP contribution in [0.2, 0.25) is 0 Å². The summed E-state index contributed by atoms with van der Waals surface area (Å²) in [6, 6.07) is 2.86. The standard InChI is InChI=1S/C12H12BrNO5/c1-2-5-19-12(18)14-10(11(16)17)7-3-4-9(15)8(13)6-7/h2-4,6,10,15H,1,5H2,(H,14,18)(H,16,17). The Kier molecular flexibility index (Phi) is 5.37. The Balaban J connectivity index is 2.88. The van der Waals surface area contributed by atoms with E-state index in [1.165, 1.54) is 24.3 Å². The first-order valence-electron chi connectivity index (χ1n) is 5.21. The van der Waals surface area contributed by atoms with Crippen LogP contribution in [0.5, 0.6) is 5.75 Å². The molecule has 1 aromatic carbocycles. The van der Waals surface area contributed by atoms with Crippen LogP contribution in [0.3, 0.4) is 0 Å². The molecule has 1 atom stereocenters. The second kappa shape index (κ2) is 6.79. The van der Waals surface area contributed by atoms with Gasteiger partial charge in [0.05, 0.1) is 4.47 Å². The van der Waals surface area contributed by atoms with Crippen molar-refractivity contribution in [2.45, 2.75) is 6.04 Å². The van der Waals surface area contributed by atoms with Gasteiger partial charge in [0.25, 0.3) is 0 Å². The van der Waals surface area contributed by atoms with Crippen LogP contribution in [0.25, 0.3) is 0 Å². The van der Waals surface area contributed by atoms with Crippen molar-refractivity contribution in [3.05, 3.63) is 40.9 Å². The fraction of sp³-hybridized carbons (Fsp3) is 0.167. The number of aromatic hydroxyl groups is 1. The molecule has 0 saturated heterocycles. The van der Waals surface area contributed by atoms with Gasteiger partial charge in [-0.25, -0.2) is 9.59 Å². The maximum absolute atomic E-state index is 11.3. The van der Waals surface area contributed by atoms with Crippen molar-refractivity contribution in [3.8, 4) is 5.75 Å². The number of benzene rings is 1. The van der Waals surface area contributed by atoms with E-state index >= 15 is 0 Å². The van der Waals surface area contributed by atoms with Gasteiger partial charge in [0, 0.05) is 0 Å². The molecule has 6 nitrogen and oxygen atoms in total. The van der Waals surface area contributed by atoms with Crippen LogP contribution in [0, 0.1) is 0 Å². The van der Waals surface area contributed by atoms with Gasteiger partial charge in [0.1, 0.15) is 12.4 Å². The lowest BCUT2D eigenvalue weighted by molar-refractivity contribution is -0.139. The lowest BCUT2D eigenvalue weighted by atomic mass is 10.1. The summed E-state index contributed by atoms with van der Waals surface area (Å²) in [5.74, 6) is -1.27. The van der Waals surface area contributed by atoms with E-state index in [4.69, 9.17) is 5.11 Å². The van der Waals surface area contributed by atoms with Crippen LogP contribution in [0.15, 0.2) is 35.3 Å². The third kappa shape index (κ3) is 4.29. The van der Waals surface area contributed by atoms with Crippen LogP contribution in [0.4, 0.5) is 4.79 Å². The second-order valence-electron chi connectivity index (χ2n) is 3.51. The maximum Gasteiger partial charge on any atom is 0.408 e. The highest BCUT2D eigenvalue weighted by molar-refractivity contribution is 9.10. The number of rotatable bonds is 5. The molecule has 0 aromatic heterocycles. The molecule has 0 radical (unpaired) electrons. The molecule has 19 heavy (non-hydrogen) atoms. The van der Waals surface area contributed by atoms with E-state index in [2.05, 4.69) is 32.6 Å². The monoisotopic (exact) mass is 329 g/mol. The number of hydrogen-bond acceptors (Lipinski definition) is 4. The van der Waals surface area contributed by atoms with E-state index in [0.29, 0.717) is 10.0 Å². The van der Waals surface area contributed by atoms with Crippen molar-refractivity contribution >= 4 is 28.0 Å². The number of nitrogens with one attached hydrogen (secondary N) is 1. The number of aliphatic carboxylic acids is 1. The third-order valence-electron chi connectivity index (χ3n) is 2.15. The number of ether oxygens (including phenoxy) is 1. The molecule has 0 aliphatic carbocycles. The number of carbonyl (C=O) groups is 2. The number of phenolic OH excluding ortho intramolecular Hbond substituents is 1. The Morgan fingerprint density at radius 1 is 1.53 bits per heavy atom. The van der Waals surface area contributed by atoms with E-state index in [0.717, 1.165) is 0 Å². The zero-order valence-electron chi connectivity index (χ0n) is 9.80. The predicted octanol–water partition coefficient (Wildman–Crippen LogP) is 2.19. The lowest BCUT2D eigenvalue weighted by Crippen LogP contribution is -2.34. The number of phenols is 1. The van der Waals surface area contributed by atoms with Crippen LogP contribution >= 0.6 is 15.9 Å². The zero-order chi connectivity index (χ0) is 14.4. The normalized spacial score (nSPS) is 11.4. The van der Waals surface area contributed by atoms with Crippen LogP contribution in [0.1, 0.15) is 11.6 Å². The Bertz CT molecular complexity index is 503. The van der Waals surface area contributed by atoms with Crippen molar-refractivity contribution in [1.29, 1.82) is 0 Å². The largest absolute Gasteiger partial charge is 0.507 e. The Labute approximate surface area is 117 Å². The summed E-state index contributed by atoms with van der Waals surface area (Å²) in [5.41, 5.74) is 0.299.